The molecule has 7 heteroatoms. The fourth-order valence-corrected chi connectivity index (χ4v) is 3.02. The molecule has 1 aromatic carbocycles. The van der Waals surface area contributed by atoms with Gasteiger partial charge in [0, 0.05) is 23.2 Å². The lowest BCUT2D eigenvalue weighted by Gasteiger charge is -2.13. The van der Waals surface area contributed by atoms with Crippen molar-refractivity contribution in [3.05, 3.63) is 40.4 Å². The van der Waals surface area contributed by atoms with Crippen LogP contribution in [0.4, 0.5) is 5.69 Å². The Kier molecular flexibility index (Phi) is 2.93. The second kappa shape index (κ2) is 4.96. The molecule has 0 bridgehead atoms. The Morgan fingerprint density at radius 2 is 2.09 bits per heavy atom. The number of imide groups is 1. The van der Waals surface area contributed by atoms with Gasteiger partial charge in [0.25, 0.3) is 5.91 Å². The number of carbonyl (C=O) groups excluding carboxylic acids is 2. The Labute approximate surface area is 129 Å². The number of rotatable bonds is 2. The molecule has 6 nitrogen and oxygen atoms in total. The molecule has 0 aliphatic carbocycles. The van der Waals surface area contributed by atoms with E-state index in [-0.39, 0.29) is 25.0 Å². The number of ether oxygens (including phenoxy) is 2. The molecule has 0 N–H and O–H groups in total. The highest BCUT2D eigenvalue weighted by Crippen LogP contribution is 2.37. The molecule has 1 saturated heterocycles. The number of hydrogen-bond acceptors (Lipinski definition) is 6. The lowest BCUT2D eigenvalue weighted by atomic mass is 10.2. The van der Waals surface area contributed by atoms with Crippen molar-refractivity contribution in [3.8, 4) is 11.5 Å². The smallest absolute Gasteiger partial charge is 0.261 e. The summed E-state index contributed by atoms with van der Waals surface area (Å²) in [4.78, 5) is 30.0. The normalized spacial score (nSPS) is 18.5. The Morgan fingerprint density at radius 3 is 2.91 bits per heavy atom. The standard InChI is InChI=1S/C15H10N2O4S/c18-14-6-9(5-13-16-3-4-22-13)15(19)17(14)10-1-2-11-12(7-10)21-8-20-11/h1-5,7H,6,8H2/b9-5+. The van der Waals surface area contributed by atoms with E-state index < -0.39 is 0 Å². The minimum absolute atomic E-state index is 0.0762. The molecule has 2 aliphatic rings. The van der Waals surface area contributed by atoms with Gasteiger partial charge in [0.05, 0.1) is 12.1 Å². The van der Waals surface area contributed by atoms with Crippen molar-refractivity contribution >= 4 is 34.9 Å². The minimum atomic E-state index is -0.320. The van der Waals surface area contributed by atoms with Gasteiger partial charge in [0.1, 0.15) is 5.01 Å². The minimum Gasteiger partial charge on any atom is -0.454 e. The highest BCUT2D eigenvalue weighted by molar-refractivity contribution is 7.10. The van der Waals surface area contributed by atoms with Gasteiger partial charge in [-0.05, 0) is 18.2 Å². The summed E-state index contributed by atoms with van der Waals surface area (Å²) in [6, 6.07) is 5.01. The lowest BCUT2D eigenvalue weighted by molar-refractivity contribution is -0.120. The van der Waals surface area contributed by atoms with E-state index in [1.54, 1.807) is 30.5 Å². The SMILES string of the molecule is O=C1C/C(=C\c2nccs2)C(=O)N1c1ccc2c(c1)OCO2. The summed E-state index contributed by atoms with van der Waals surface area (Å²) in [7, 11) is 0. The number of amides is 2. The first-order valence-electron chi connectivity index (χ1n) is 6.59. The third kappa shape index (κ3) is 2.06. The molecule has 0 saturated carbocycles. The third-order valence-corrected chi connectivity index (χ3v) is 4.15. The Balaban J connectivity index is 1.68. The van der Waals surface area contributed by atoms with Gasteiger partial charge in [-0.25, -0.2) is 9.88 Å². The fourth-order valence-electron chi connectivity index (χ4n) is 2.43. The third-order valence-electron chi connectivity index (χ3n) is 3.43. The van der Waals surface area contributed by atoms with Gasteiger partial charge in [-0.2, -0.15) is 0 Å². The highest BCUT2D eigenvalue weighted by atomic mass is 32.1. The summed E-state index contributed by atoms with van der Waals surface area (Å²) in [6.07, 6.45) is 3.40. The van der Waals surface area contributed by atoms with Crippen LogP contribution in [0.3, 0.4) is 0 Å². The summed E-state index contributed by atoms with van der Waals surface area (Å²) in [5, 5.41) is 2.53. The van der Waals surface area contributed by atoms with Crippen LogP contribution in [0.2, 0.25) is 0 Å². The Morgan fingerprint density at radius 1 is 1.23 bits per heavy atom. The average molecular weight is 314 g/mol. The molecule has 2 amide bonds. The largest absolute Gasteiger partial charge is 0.454 e. The van der Waals surface area contributed by atoms with Crippen LogP contribution < -0.4 is 14.4 Å². The maximum absolute atomic E-state index is 12.5. The molecule has 1 fully saturated rings. The molecule has 0 spiro atoms. The van der Waals surface area contributed by atoms with Gasteiger partial charge >= 0.3 is 0 Å². The van der Waals surface area contributed by atoms with Gasteiger partial charge in [0.15, 0.2) is 11.5 Å². The van der Waals surface area contributed by atoms with Crippen LogP contribution in [-0.4, -0.2) is 23.6 Å². The first kappa shape index (κ1) is 13.0. The van der Waals surface area contributed by atoms with Crippen molar-refractivity contribution < 1.29 is 19.1 Å². The van der Waals surface area contributed by atoms with E-state index in [9.17, 15) is 9.59 Å². The van der Waals surface area contributed by atoms with Crippen LogP contribution in [0.5, 0.6) is 11.5 Å². The number of hydrogen-bond donors (Lipinski definition) is 0. The number of fused-ring (bicyclic) bond motifs is 1. The van der Waals surface area contributed by atoms with E-state index >= 15 is 0 Å². The molecule has 0 atom stereocenters. The summed E-state index contributed by atoms with van der Waals surface area (Å²) in [5.74, 6) is 0.572. The number of benzene rings is 1. The molecule has 4 rings (SSSR count). The zero-order valence-corrected chi connectivity index (χ0v) is 12.1. The van der Waals surface area contributed by atoms with E-state index in [2.05, 4.69) is 4.98 Å². The molecule has 22 heavy (non-hydrogen) atoms. The van der Waals surface area contributed by atoms with Crippen molar-refractivity contribution in [3.63, 3.8) is 0 Å². The number of carbonyl (C=O) groups is 2. The number of nitrogens with zero attached hydrogens (tertiary/aromatic N) is 2. The van der Waals surface area contributed by atoms with Crippen molar-refractivity contribution in [2.75, 3.05) is 11.7 Å². The van der Waals surface area contributed by atoms with Crippen LogP contribution in [0.15, 0.2) is 35.3 Å². The number of aromatic nitrogens is 1. The molecular weight excluding hydrogens is 304 g/mol. The van der Waals surface area contributed by atoms with Crippen LogP contribution in [0.1, 0.15) is 11.4 Å². The van der Waals surface area contributed by atoms with E-state index in [1.165, 1.54) is 16.2 Å². The van der Waals surface area contributed by atoms with Gasteiger partial charge in [-0.3, -0.25) is 9.59 Å². The zero-order chi connectivity index (χ0) is 15.1. The quantitative estimate of drug-likeness (QED) is 0.628. The number of thiazole rings is 1. The molecule has 0 unspecified atom stereocenters. The molecular formula is C15H10N2O4S. The molecule has 2 aromatic rings. The summed E-state index contributed by atoms with van der Waals surface area (Å²) < 4.78 is 10.5. The first-order valence-corrected chi connectivity index (χ1v) is 7.47. The predicted molar refractivity (Wildman–Crippen MR) is 79.8 cm³/mol. The van der Waals surface area contributed by atoms with E-state index in [4.69, 9.17) is 9.47 Å². The zero-order valence-electron chi connectivity index (χ0n) is 11.3. The topological polar surface area (TPSA) is 68.7 Å². The van der Waals surface area contributed by atoms with Crippen LogP contribution >= 0.6 is 11.3 Å². The average Bonchev–Trinajstić information content (AvgIpc) is 3.21. The monoisotopic (exact) mass is 314 g/mol. The molecule has 2 aliphatic heterocycles. The summed E-state index contributed by atoms with van der Waals surface area (Å²) >= 11 is 1.42. The summed E-state index contributed by atoms with van der Waals surface area (Å²) in [5.41, 5.74) is 0.930. The van der Waals surface area contributed by atoms with Crippen LogP contribution in [0.25, 0.3) is 6.08 Å². The maximum atomic E-state index is 12.5. The highest BCUT2D eigenvalue weighted by Gasteiger charge is 2.35. The van der Waals surface area contributed by atoms with Crippen LogP contribution in [0, 0.1) is 0 Å². The van der Waals surface area contributed by atoms with E-state index in [0.717, 1.165) is 0 Å². The molecule has 110 valence electrons. The Hall–Kier alpha value is -2.67. The fraction of sp³-hybridized carbons (Fsp3) is 0.133. The Bertz CT molecular complexity index is 798. The van der Waals surface area contributed by atoms with Gasteiger partial charge in [-0.15, -0.1) is 11.3 Å². The van der Waals surface area contributed by atoms with Gasteiger partial charge in [0.2, 0.25) is 12.7 Å². The second-order valence-corrected chi connectivity index (χ2v) is 5.71. The summed E-state index contributed by atoms with van der Waals surface area (Å²) in [6.45, 7) is 0.149. The van der Waals surface area contributed by atoms with Crippen molar-refractivity contribution in [2.24, 2.45) is 0 Å². The van der Waals surface area contributed by atoms with Crippen LogP contribution in [-0.2, 0) is 9.59 Å². The van der Waals surface area contributed by atoms with E-state index in [1.807, 2.05) is 5.38 Å². The van der Waals surface area contributed by atoms with Crippen molar-refractivity contribution in [1.82, 2.24) is 4.98 Å². The number of anilines is 1. The lowest BCUT2D eigenvalue weighted by Crippen LogP contribution is -2.28. The van der Waals surface area contributed by atoms with Crippen molar-refractivity contribution in [2.45, 2.75) is 6.42 Å². The maximum Gasteiger partial charge on any atom is 0.261 e. The van der Waals surface area contributed by atoms with Gasteiger partial charge in [-0.1, -0.05) is 0 Å². The first-order chi connectivity index (χ1) is 10.7. The predicted octanol–water partition coefficient (Wildman–Crippen LogP) is 2.22. The molecule has 0 radical (unpaired) electrons. The molecule has 3 heterocycles. The van der Waals surface area contributed by atoms with Crippen molar-refractivity contribution in [1.29, 1.82) is 0 Å². The van der Waals surface area contributed by atoms with Gasteiger partial charge < -0.3 is 9.47 Å². The van der Waals surface area contributed by atoms with E-state index in [0.29, 0.717) is 27.8 Å². The second-order valence-electron chi connectivity index (χ2n) is 4.79. The molecule has 1 aromatic heterocycles.